The number of nitrogens with one attached hydrogen (secondary N) is 1. The van der Waals surface area contributed by atoms with E-state index in [4.69, 9.17) is 14.2 Å². The van der Waals surface area contributed by atoms with Gasteiger partial charge in [-0.15, -0.1) is 0 Å². The van der Waals surface area contributed by atoms with E-state index in [1.54, 1.807) is 0 Å². The van der Waals surface area contributed by atoms with Gasteiger partial charge in [-0.3, -0.25) is 0 Å². The Morgan fingerprint density at radius 3 is 1.78 bits per heavy atom. The fourth-order valence-electron chi connectivity index (χ4n) is 1.35. The molecule has 0 rings (SSSR count). The molecule has 4 heteroatoms. The number of unbranched alkanes of at least 4 members (excludes halogenated alkanes) is 1. The van der Waals surface area contributed by atoms with Gasteiger partial charge in [0.1, 0.15) is 0 Å². The van der Waals surface area contributed by atoms with Crippen molar-refractivity contribution in [2.75, 3.05) is 46.2 Å². The lowest BCUT2D eigenvalue weighted by atomic mass is 10.3. The van der Waals surface area contributed by atoms with Crippen molar-refractivity contribution in [3.63, 3.8) is 0 Å². The van der Waals surface area contributed by atoms with Gasteiger partial charge in [-0.25, -0.2) is 0 Å². The van der Waals surface area contributed by atoms with E-state index >= 15 is 0 Å². The van der Waals surface area contributed by atoms with Crippen LogP contribution >= 0.6 is 0 Å². The lowest BCUT2D eigenvalue weighted by Gasteiger charge is -2.08. The molecule has 0 aliphatic rings. The Morgan fingerprint density at radius 2 is 1.28 bits per heavy atom. The number of hydrogen-bond acceptors (Lipinski definition) is 4. The molecule has 0 radical (unpaired) electrons. The SMILES string of the molecule is CCCCOCCOCCOCCCNC(C)C. The molecule has 0 saturated heterocycles. The summed E-state index contributed by atoms with van der Waals surface area (Å²) in [5.74, 6) is 0. The lowest BCUT2D eigenvalue weighted by Crippen LogP contribution is -2.24. The van der Waals surface area contributed by atoms with Gasteiger partial charge in [-0.05, 0) is 19.4 Å². The van der Waals surface area contributed by atoms with Crippen LogP contribution in [0.5, 0.6) is 0 Å². The highest BCUT2D eigenvalue weighted by molar-refractivity contribution is 4.51. The zero-order chi connectivity index (χ0) is 13.5. The Balaban J connectivity index is 2.90. The molecule has 0 saturated carbocycles. The smallest absolute Gasteiger partial charge is 0.0701 e. The highest BCUT2D eigenvalue weighted by atomic mass is 16.5. The number of rotatable bonds is 14. The second-order valence-corrected chi connectivity index (χ2v) is 4.65. The van der Waals surface area contributed by atoms with Gasteiger partial charge in [-0.1, -0.05) is 27.2 Å². The van der Waals surface area contributed by atoms with Crippen LogP contribution < -0.4 is 5.32 Å². The normalized spacial score (nSPS) is 11.3. The summed E-state index contributed by atoms with van der Waals surface area (Å²) in [7, 11) is 0. The van der Waals surface area contributed by atoms with Gasteiger partial charge in [-0.2, -0.15) is 0 Å². The highest BCUT2D eigenvalue weighted by Crippen LogP contribution is 1.88. The third kappa shape index (κ3) is 15.8. The van der Waals surface area contributed by atoms with Gasteiger partial charge in [0.05, 0.1) is 26.4 Å². The third-order valence-corrected chi connectivity index (χ3v) is 2.40. The molecule has 0 aliphatic carbocycles. The predicted octanol–water partition coefficient (Wildman–Crippen LogP) is 2.22. The molecule has 0 fully saturated rings. The summed E-state index contributed by atoms with van der Waals surface area (Å²) < 4.78 is 16.2. The van der Waals surface area contributed by atoms with E-state index in [2.05, 4.69) is 26.1 Å². The molecule has 0 spiro atoms. The molecular formula is C14H31NO3. The molecule has 0 aromatic carbocycles. The molecule has 18 heavy (non-hydrogen) atoms. The fraction of sp³-hybridized carbons (Fsp3) is 1.00. The van der Waals surface area contributed by atoms with E-state index in [-0.39, 0.29) is 0 Å². The molecule has 110 valence electrons. The maximum Gasteiger partial charge on any atom is 0.0701 e. The van der Waals surface area contributed by atoms with Crippen LogP contribution in [-0.4, -0.2) is 52.2 Å². The molecule has 0 aromatic rings. The fourth-order valence-corrected chi connectivity index (χ4v) is 1.35. The first-order chi connectivity index (χ1) is 8.77. The van der Waals surface area contributed by atoms with Crippen molar-refractivity contribution < 1.29 is 14.2 Å². The number of hydrogen-bond donors (Lipinski definition) is 1. The molecule has 0 unspecified atom stereocenters. The first-order valence-electron chi connectivity index (χ1n) is 7.24. The van der Waals surface area contributed by atoms with Crippen molar-refractivity contribution in [2.24, 2.45) is 0 Å². The Bertz CT molecular complexity index is 154. The van der Waals surface area contributed by atoms with Gasteiger partial charge in [0.15, 0.2) is 0 Å². The summed E-state index contributed by atoms with van der Waals surface area (Å²) >= 11 is 0. The minimum absolute atomic E-state index is 0.557. The van der Waals surface area contributed by atoms with Gasteiger partial charge >= 0.3 is 0 Å². The van der Waals surface area contributed by atoms with Gasteiger partial charge in [0.2, 0.25) is 0 Å². The first kappa shape index (κ1) is 17.8. The van der Waals surface area contributed by atoms with Crippen molar-refractivity contribution in [2.45, 2.75) is 46.1 Å². The summed E-state index contributed by atoms with van der Waals surface area (Å²) in [5.41, 5.74) is 0. The molecule has 0 bridgehead atoms. The molecule has 0 aromatic heterocycles. The van der Waals surface area contributed by atoms with Crippen LogP contribution in [0, 0.1) is 0 Å². The van der Waals surface area contributed by atoms with Gasteiger partial charge < -0.3 is 19.5 Å². The molecule has 4 nitrogen and oxygen atoms in total. The third-order valence-electron chi connectivity index (χ3n) is 2.40. The van der Waals surface area contributed by atoms with E-state index in [1.165, 1.54) is 6.42 Å². The molecule has 0 aliphatic heterocycles. The Kier molecular flexibility index (Phi) is 14.8. The maximum absolute atomic E-state index is 5.45. The van der Waals surface area contributed by atoms with E-state index in [0.717, 1.165) is 32.6 Å². The zero-order valence-electron chi connectivity index (χ0n) is 12.4. The molecule has 0 atom stereocenters. The van der Waals surface area contributed by atoms with Crippen LogP contribution in [-0.2, 0) is 14.2 Å². The average Bonchev–Trinajstić information content (AvgIpc) is 2.34. The summed E-state index contributed by atoms with van der Waals surface area (Å²) in [6, 6.07) is 0.557. The molecule has 0 amide bonds. The van der Waals surface area contributed by atoms with E-state index < -0.39 is 0 Å². The summed E-state index contributed by atoms with van der Waals surface area (Å²) in [6.45, 7) is 11.8. The van der Waals surface area contributed by atoms with Crippen LogP contribution in [0.1, 0.15) is 40.0 Å². The second kappa shape index (κ2) is 14.9. The van der Waals surface area contributed by atoms with Crippen LogP contribution in [0.15, 0.2) is 0 Å². The average molecular weight is 261 g/mol. The van der Waals surface area contributed by atoms with Gasteiger partial charge in [0.25, 0.3) is 0 Å². The lowest BCUT2D eigenvalue weighted by molar-refractivity contribution is 0.0137. The van der Waals surface area contributed by atoms with Crippen LogP contribution in [0.4, 0.5) is 0 Å². The van der Waals surface area contributed by atoms with Crippen LogP contribution in [0.25, 0.3) is 0 Å². The summed E-state index contributed by atoms with van der Waals surface area (Å²) in [4.78, 5) is 0. The highest BCUT2D eigenvalue weighted by Gasteiger charge is 1.93. The second-order valence-electron chi connectivity index (χ2n) is 4.65. The molecule has 1 N–H and O–H groups in total. The zero-order valence-corrected chi connectivity index (χ0v) is 12.4. The minimum Gasteiger partial charge on any atom is -0.379 e. The Labute approximate surface area is 112 Å². The quantitative estimate of drug-likeness (QED) is 0.487. The largest absolute Gasteiger partial charge is 0.379 e. The maximum atomic E-state index is 5.45. The van der Waals surface area contributed by atoms with E-state index in [0.29, 0.717) is 32.5 Å². The summed E-state index contributed by atoms with van der Waals surface area (Å²) in [5, 5.41) is 3.35. The summed E-state index contributed by atoms with van der Waals surface area (Å²) in [6.07, 6.45) is 3.37. The minimum atomic E-state index is 0.557. The van der Waals surface area contributed by atoms with Crippen LogP contribution in [0.2, 0.25) is 0 Å². The van der Waals surface area contributed by atoms with Crippen LogP contribution in [0.3, 0.4) is 0 Å². The van der Waals surface area contributed by atoms with Crippen molar-refractivity contribution in [1.29, 1.82) is 0 Å². The van der Waals surface area contributed by atoms with Crippen molar-refractivity contribution in [3.05, 3.63) is 0 Å². The Morgan fingerprint density at radius 1 is 0.778 bits per heavy atom. The molecule has 0 heterocycles. The Hall–Kier alpha value is -0.160. The number of ether oxygens (including phenoxy) is 3. The van der Waals surface area contributed by atoms with Gasteiger partial charge in [0, 0.05) is 19.3 Å². The molecular weight excluding hydrogens is 230 g/mol. The standard InChI is InChI=1S/C14H31NO3/c1-4-5-8-16-10-12-18-13-11-17-9-6-7-15-14(2)3/h14-15H,4-13H2,1-3H3. The van der Waals surface area contributed by atoms with Crippen molar-refractivity contribution in [3.8, 4) is 0 Å². The first-order valence-corrected chi connectivity index (χ1v) is 7.24. The monoisotopic (exact) mass is 261 g/mol. The van der Waals surface area contributed by atoms with Crippen molar-refractivity contribution in [1.82, 2.24) is 5.32 Å². The van der Waals surface area contributed by atoms with E-state index in [1.807, 2.05) is 0 Å². The predicted molar refractivity (Wildman–Crippen MR) is 75.1 cm³/mol. The van der Waals surface area contributed by atoms with E-state index in [9.17, 15) is 0 Å². The van der Waals surface area contributed by atoms with Crippen molar-refractivity contribution >= 4 is 0 Å². The topological polar surface area (TPSA) is 39.7 Å².